The van der Waals surface area contributed by atoms with E-state index in [1.165, 1.54) is 29.8 Å². The molecule has 0 atom stereocenters. The average molecular weight is 353 g/mol. The van der Waals surface area contributed by atoms with E-state index in [0.29, 0.717) is 5.75 Å². The number of nitro benzene ring substituents is 1. The Hall–Kier alpha value is -3.22. The predicted molar refractivity (Wildman–Crippen MR) is 93.0 cm³/mol. The standard InChI is InChI=1S/C19H16FN3O3/c20-13-4-6-14(7-5-13)22-19-3-1-2-17(19)18(21-22)12-26-16-10-8-15(9-11-16)23(24)25/h4-11H,1-3,12H2. The fourth-order valence-electron chi connectivity index (χ4n) is 3.24. The van der Waals surface area contributed by atoms with E-state index in [2.05, 4.69) is 5.10 Å². The number of ether oxygens (including phenoxy) is 1. The van der Waals surface area contributed by atoms with Gasteiger partial charge in [-0.1, -0.05) is 0 Å². The summed E-state index contributed by atoms with van der Waals surface area (Å²) < 4.78 is 20.8. The molecule has 26 heavy (non-hydrogen) atoms. The Kier molecular flexibility index (Phi) is 4.12. The summed E-state index contributed by atoms with van der Waals surface area (Å²) in [5, 5.41) is 15.4. The molecule has 2 aromatic carbocycles. The number of hydrogen-bond donors (Lipinski definition) is 0. The Balaban J connectivity index is 1.56. The fraction of sp³-hybridized carbons (Fsp3) is 0.211. The summed E-state index contributed by atoms with van der Waals surface area (Å²) >= 11 is 0. The van der Waals surface area contributed by atoms with Crippen LogP contribution >= 0.6 is 0 Å². The van der Waals surface area contributed by atoms with E-state index in [0.717, 1.165) is 36.3 Å². The second-order valence-electron chi connectivity index (χ2n) is 6.15. The zero-order valence-electron chi connectivity index (χ0n) is 13.9. The van der Waals surface area contributed by atoms with Crippen LogP contribution in [0.5, 0.6) is 5.75 Å². The van der Waals surface area contributed by atoms with Crippen molar-refractivity contribution in [3.8, 4) is 11.4 Å². The number of non-ortho nitro benzene ring substituents is 1. The van der Waals surface area contributed by atoms with E-state index in [1.54, 1.807) is 24.3 Å². The van der Waals surface area contributed by atoms with Crippen molar-refractivity contribution in [3.05, 3.63) is 81.4 Å². The van der Waals surface area contributed by atoms with Gasteiger partial charge in [0.05, 0.1) is 10.6 Å². The molecule has 0 aliphatic heterocycles. The van der Waals surface area contributed by atoms with Crippen molar-refractivity contribution in [2.75, 3.05) is 0 Å². The Morgan fingerprint density at radius 3 is 2.54 bits per heavy atom. The number of aromatic nitrogens is 2. The molecule has 0 fully saturated rings. The van der Waals surface area contributed by atoms with Crippen LogP contribution in [0, 0.1) is 15.9 Å². The number of nitrogens with zero attached hydrogens (tertiary/aromatic N) is 3. The fourth-order valence-corrected chi connectivity index (χ4v) is 3.24. The van der Waals surface area contributed by atoms with E-state index in [1.807, 2.05) is 4.68 Å². The van der Waals surface area contributed by atoms with Crippen LogP contribution < -0.4 is 4.74 Å². The van der Waals surface area contributed by atoms with Crippen molar-refractivity contribution in [1.29, 1.82) is 0 Å². The lowest BCUT2D eigenvalue weighted by atomic mass is 10.2. The summed E-state index contributed by atoms with van der Waals surface area (Å²) in [6.07, 6.45) is 2.92. The molecule has 6 nitrogen and oxygen atoms in total. The lowest BCUT2D eigenvalue weighted by molar-refractivity contribution is -0.384. The Morgan fingerprint density at radius 2 is 1.85 bits per heavy atom. The lowest BCUT2D eigenvalue weighted by Gasteiger charge is -2.06. The van der Waals surface area contributed by atoms with E-state index in [-0.39, 0.29) is 18.1 Å². The van der Waals surface area contributed by atoms with Crippen LogP contribution in [0.1, 0.15) is 23.4 Å². The molecule has 0 N–H and O–H groups in total. The van der Waals surface area contributed by atoms with Crippen molar-refractivity contribution >= 4 is 5.69 Å². The molecule has 1 heterocycles. The number of nitro groups is 1. The van der Waals surface area contributed by atoms with Crippen LogP contribution in [-0.2, 0) is 19.4 Å². The first-order valence-corrected chi connectivity index (χ1v) is 8.34. The second-order valence-corrected chi connectivity index (χ2v) is 6.15. The van der Waals surface area contributed by atoms with Crippen molar-refractivity contribution in [2.45, 2.75) is 25.9 Å². The third-order valence-corrected chi connectivity index (χ3v) is 4.51. The predicted octanol–water partition coefficient (Wildman–Crippen LogP) is 3.99. The molecule has 0 amide bonds. The zero-order valence-corrected chi connectivity index (χ0v) is 13.9. The van der Waals surface area contributed by atoms with E-state index in [4.69, 9.17) is 4.74 Å². The van der Waals surface area contributed by atoms with E-state index in [9.17, 15) is 14.5 Å². The molecule has 0 radical (unpaired) electrons. The number of halogens is 1. The molecule has 7 heteroatoms. The molecule has 1 aliphatic carbocycles. The number of fused-ring (bicyclic) bond motifs is 1. The largest absolute Gasteiger partial charge is 0.487 e. The van der Waals surface area contributed by atoms with Gasteiger partial charge in [0.25, 0.3) is 5.69 Å². The third kappa shape index (κ3) is 3.03. The smallest absolute Gasteiger partial charge is 0.269 e. The molecule has 3 aromatic rings. The van der Waals surface area contributed by atoms with Crippen molar-refractivity contribution in [1.82, 2.24) is 9.78 Å². The van der Waals surface area contributed by atoms with Crippen LogP contribution in [0.3, 0.4) is 0 Å². The summed E-state index contributed by atoms with van der Waals surface area (Å²) in [5.41, 5.74) is 4.01. The number of benzene rings is 2. The topological polar surface area (TPSA) is 70.2 Å². The summed E-state index contributed by atoms with van der Waals surface area (Å²) in [6.45, 7) is 0.286. The second kappa shape index (κ2) is 6.59. The van der Waals surface area contributed by atoms with Crippen LogP contribution in [0.4, 0.5) is 10.1 Å². The summed E-state index contributed by atoms with van der Waals surface area (Å²) in [4.78, 5) is 10.3. The minimum atomic E-state index is -0.443. The van der Waals surface area contributed by atoms with Gasteiger partial charge < -0.3 is 4.74 Å². The first kappa shape index (κ1) is 16.3. The molecular formula is C19H16FN3O3. The monoisotopic (exact) mass is 353 g/mol. The first-order chi connectivity index (χ1) is 12.6. The maximum absolute atomic E-state index is 13.2. The SMILES string of the molecule is O=[N+]([O-])c1ccc(OCc2nn(-c3ccc(F)cc3)c3c2CCC3)cc1. The normalized spacial score (nSPS) is 12.8. The highest BCUT2D eigenvalue weighted by Gasteiger charge is 2.23. The van der Waals surface area contributed by atoms with Crippen LogP contribution in [-0.4, -0.2) is 14.7 Å². The van der Waals surface area contributed by atoms with Crippen LogP contribution in [0.25, 0.3) is 5.69 Å². The molecular weight excluding hydrogens is 337 g/mol. The summed E-state index contributed by atoms with van der Waals surface area (Å²) in [7, 11) is 0. The first-order valence-electron chi connectivity index (χ1n) is 8.34. The van der Waals surface area contributed by atoms with Crippen molar-refractivity contribution in [3.63, 3.8) is 0 Å². The molecule has 1 aromatic heterocycles. The maximum atomic E-state index is 13.2. The highest BCUT2D eigenvalue weighted by molar-refractivity contribution is 5.40. The van der Waals surface area contributed by atoms with Gasteiger partial charge in [0.1, 0.15) is 23.9 Å². The highest BCUT2D eigenvalue weighted by atomic mass is 19.1. The van der Waals surface area contributed by atoms with Gasteiger partial charge in [-0.2, -0.15) is 5.10 Å². The summed E-state index contributed by atoms with van der Waals surface area (Å²) in [5.74, 6) is 0.276. The average Bonchev–Trinajstić information content (AvgIpc) is 3.24. The van der Waals surface area contributed by atoms with Gasteiger partial charge >= 0.3 is 0 Å². The van der Waals surface area contributed by atoms with E-state index < -0.39 is 4.92 Å². The Labute approximate surface area is 149 Å². The maximum Gasteiger partial charge on any atom is 0.269 e. The van der Waals surface area contributed by atoms with E-state index >= 15 is 0 Å². The van der Waals surface area contributed by atoms with Crippen molar-refractivity contribution in [2.24, 2.45) is 0 Å². The van der Waals surface area contributed by atoms with Gasteiger partial charge in [0, 0.05) is 23.4 Å². The molecule has 4 rings (SSSR count). The van der Waals surface area contributed by atoms with Gasteiger partial charge in [-0.3, -0.25) is 10.1 Å². The minimum absolute atomic E-state index is 0.0267. The molecule has 0 saturated heterocycles. The molecule has 0 bridgehead atoms. The van der Waals surface area contributed by atoms with Gasteiger partial charge in [0.2, 0.25) is 0 Å². The Bertz CT molecular complexity index is 949. The number of rotatable bonds is 5. The molecule has 0 saturated carbocycles. The highest BCUT2D eigenvalue weighted by Crippen LogP contribution is 2.29. The zero-order chi connectivity index (χ0) is 18.1. The third-order valence-electron chi connectivity index (χ3n) is 4.51. The molecule has 0 spiro atoms. The quantitative estimate of drug-likeness (QED) is 0.514. The minimum Gasteiger partial charge on any atom is -0.487 e. The summed E-state index contributed by atoms with van der Waals surface area (Å²) in [6, 6.07) is 12.2. The van der Waals surface area contributed by atoms with Gasteiger partial charge in [-0.15, -0.1) is 0 Å². The van der Waals surface area contributed by atoms with Gasteiger partial charge in [-0.25, -0.2) is 9.07 Å². The van der Waals surface area contributed by atoms with Gasteiger partial charge in [0.15, 0.2) is 0 Å². The molecule has 132 valence electrons. The van der Waals surface area contributed by atoms with Crippen LogP contribution in [0.2, 0.25) is 0 Å². The lowest BCUT2D eigenvalue weighted by Crippen LogP contribution is -2.03. The molecule has 0 unspecified atom stereocenters. The van der Waals surface area contributed by atoms with Gasteiger partial charge in [-0.05, 0) is 55.7 Å². The number of hydrogen-bond acceptors (Lipinski definition) is 4. The van der Waals surface area contributed by atoms with Crippen LogP contribution in [0.15, 0.2) is 48.5 Å². The molecule has 1 aliphatic rings. The Morgan fingerprint density at radius 1 is 1.12 bits per heavy atom. The van der Waals surface area contributed by atoms with Crippen molar-refractivity contribution < 1.29 is 14.1 Å².